The van der Waals surface area contributed by atoms with Crippen LogP contribution in [0.2, 0.25) is 0 Å². The molecular weight excluding hydrogens is 296 g/mol. The van der Waals surface area contributed by atoms with Crippen molar-refractivity contribution in [1.82, 2.24) is 9.97 Å². The molecule has 4 nitrogen and oxygen atoms in total. The Morgan fingerprint density at radius 2 is 2.11 bits per heavy atom. The van der Waals surface area contributed by atoms with Gasteiger partial charge in [0.25, 0.3) is 0 Å². The van der Waals surface area contributed by atoms with Gasteiger partial charge in [-0.2, -0.15) is 4.98 Å². The molecule has 1 aromatic heterocycles. The second kappa shape index (κ2) is 6.48. The van der Waals surface area contributed by atoms with Crippen molar-refractivity contribution in [3.8, 4) is 5.88 Å². The fourth-order valence-corrected chi connectivity index (χ4v) is 1.91. The second-order valence-corrected chi connectivity index (χ2v) is 5.79. The van der Waals surface area contributed by atoms with E-state index in [0.29, 0.717) is 30.9 Å². The fourth-order valence-electron chi connectivity index (χ4n) is 1.54. The molecule has 0 saturated heterocycles. The van der Waals surface area contributed by atoms with E-state index in [9.17, 15) is 0 Å². The van der Waals surface area contributed by atoms with Crippen LogP contribution in [-0.2, 0) is 4.74 Å². The van der Waals surface area contributed by atoms with Gasteiger partial charge in [-0.25, -0.2) is 4.98 Å². The lowest BCUT2D eigenvalue weighted by atomic mass is 10.2. The van der Waals surface area contributed by atoms with E-state index in [0.717, 1.165) is 17.0 Å². The molecule has 1 fully saturated rings. The number of rotatable bonds is 7. The van der Waals surface area contributed by atoms with Crippen molar-refractivity contribution in [3.63, 3.8) is 0 Å². The Kier molecular flexibility index (Phi) is 4.95. The van der Waals surface area contributed by atoms with Gasteiger partial charge in [0.15, 0.2) is 0 Å². The van der Waals surface area contributed by atoms with Crippen molar-refractivity contribution in [2.24, 2.45) is 5.92 Å². The molecule has 0 amide bonds. The molecule has 18 heavy (non-hydrogen) atoms. The van der Waals surface area contributed by atoms with Gasteiger partial charge in [0, 0.05) is 18.6 Å². The van der Waals surface area contributed by atoms with Crippen LogP contribution < -0.4 is 4.74 Å². The van der Waals surface area contributed by atoms with Gasteiger partial charge >= 0.3 is 0 Å². The van der Waals surface area contributed by atoms with Gasteiger partial charge in [-0.3, -0.25) is 0 Å². The third-order valence-electron chi connectivity index (χ3n) is 2.56. The van der Waals surface area contributed by atoms with Gasteiger partial charge in [0.05, 0.1) is 6.61 Å². The first-order valence-corrected chi connectivity index (χ1v) is 7.19. The van der Waals surface area contributed by atoms with E-state index in [-0.39, 0.29) is 0 Å². The van der Waals surface area contributed by atoms with Gasteiger partial charge in [0.1, 0.15) is 17.0 Å². The summed E-state index contributed by atoms with van der Waals surface area (Å²) in [6, 6.07) is 1.80. The average Bonchev–Trinajstić information content (AvgIpc) is 3.11. The number of hydrogen-bond donors (Lipinski definition) is 0. The van der Waals surface area contributed by atoms with Crippen LogP contribution >= 0.6 is 15.9 Å². The van der Waals surface area contributed by atoms with Crippen LogP contribution in [0.25, 0.3) is 0 Å². The minimum atomic E-state index is 0.528. The number of halogens is 1. The van der Waals surface area contributed by atoms with Crippen LogP contribution in [0, 0.1) is 5.92 Å². The molecule has 5 heteroatoms. The molecule has 2 rings (SSSR count). The molecule has 1 aliphatic carbocycles. The lowest BCUT2D eigenvalue weighted by Crippen LogP contribution is -2.11. The van der Waals surface area contributed by atoms with Crippen molar-refractivity contribution >= 4 is 15.9 Å². The van der Waals surface area contributed by atoms with E-state index in [1.54, 1.807) is 6.07 Å². The minimum Gasteiger partial charge on any atom is -0.475 e. The molecule has 0 radical (unpaired) electrons. The van der Waals surface area contributed by atoms with Crippen molar-refractivity contribution in [3.05, 3.63) is 16.5 Å². The van der Waals surface area contributed by atoms with Crippen LogP contribution in [0.15, 0.2) is 10.7 Å². The van der Waals surface area contributed by atoms with Crippen molar-refractivity contribution in [2.75, 3.05) is 19.8 Å². The summed E-state index contributed by atoms with van der Waals surface area (Å²) in [7, 11) is 0. The molecule has 0 atom stereocenters. The lowest BCUT2D eigenvalue weighted by Gasteiger charge is -2.09. The highest BCUT2D eigenvalue weighted by atomic mass is 79.9. The standard InChI is InChI=1S/C13H19BrN2O2/c1-9(2)8-17-5-6-18-12-7-11(14)15-13(16-12)10-3-4-10/h7,9-10H,3-6,8H2,1-2H3. The molecule has 1 saturated carbocycles. The molecule has 0 N–H and O–H groups in total. The SMILES string of the molecule is CC(C)COCCOc1cc(Br)nc(C2CC2)n1. The molecule has 1 aromatic rings. The Labute approximate surface area is 116 Å². The highest BCUT2D eigenvalue weighted by molar-refractivity contribution is 9.10. The summed E-state index contributed by atoms with van der Waals surface area (Å²) in [6.45, 7) is 6.15. The Morgan fingerprint density at radius 1 is 1.33 bits per heavy atom. The summed E-state index contributed by atoms with van der Waals surface area (Å²) >= 11 is 3.39. The predicted molar refractivity (Wildman–Crippen MR) is 72.9 cm³/mol. The molecule has 100 valence electrons. The van der Waals surface area contributed by atoms with Crippen LogP contribution in [-0.4, -0.2) is 29.8 Å². The van der Waals surface area contributed by atoms with Crippen molar-refractivity contribution in [1.29, 1.82) is 0 Å². The Balaban J connectivity index is 1.78. The van der Waals surface area contributed by atoms with Crippen molar-refractivity contribution < 1.29 is 9.47 Å². The third kappa shape index (κ3) is 4.53. The maximum atomic E-state index is 5.58. The number of ether oxygens (including phenoxy) is 2. The van der Waals surface area contributed by atoms with Crippen LogP contribution in [0.3, 0.4) is 0 Å². The summed E-state index contributed by atoms with van der Waals surface area (Å²) < 4.78 is 11.8. The van der Waals surface area contributed by atoms with Crippen LogP contribution in [0.4, 0.5) is 0 Å². The first-order chi connectivity index (χ1) is 8.65. The smallest absolute Gasteiger partial charge is 0.217 e. The fraction of sp³-hybridized carbons (Fsp3) is 0.692. The zero-order chi connectivity index (χ0) is 13.0. The van der Waals surface area contributed by atoms with Crippen LogP contribution in [0.5, 0.6) is 5.88 Å². The molecule has 1 aliphatic rings. The first-order valence-electron chi connectivity index (χ1n) is 6.40. The summed E-state index contributed by atoms with van der Waals surface area (Å²) in [6.07, 6.45) is 2.38. The second-order valence-electron chi connectivity index (χ2n) is 4.98. The number of hydrogen-bond acceptors (Lipinski definition) is 4. The van der Waals surface area contributed by atoms with E-state index < -0.39 is 0 Å². The van der Waals surface area contributed by atoms with E-state index >= 15 is 0 Å². The normalized spacial score (nSPS) is 15.1. The number of aromatic nitrogens is 2. The average molecular weight is 315 g/mol. The summed E-state index contributed by atoms with van der Waals surface area (Å²) in [5.74, 6) is 2.61. The zero-order valence-electron chi connectivity index (χ0n) is 10.9. The largest absolute Gasteiger partial charge is 0.475 e. The zero-order valence-corrected chi connectivity index (χ0v) is 12.4. The van der Waals surface area contributed by atoms with Gasteiger partial charge < -0.3 is 9.47 Å². The summed E-state index contributed by atoms with van der Waals surface area (Å²) in [5, 5.41) is 0. The number of nitrogens with zero attached hydrogens (tertiary/aromatic N) is 2. The van der Waals surface area contributed by atoms with E-state index in [4.69, 9.17) is 9.47 Å². The topological polar surface area (TPSA) is 44.2 Å². The Bertz CT molecular complexity index is 395. The highest BCUT2D eigenvalue weighted by Gasteiger charge is 2.27. The molecule has 0 aliphatic heterocycles. The maximum absolute atomic E-state index is 5.58. The minimum absolute atomic E-state index is 0.528. The Morgan fingerprint density at radius 3 is 2.78 bits per heavy atom. The first kappa shape index (κ1) is 13.7. The molecule has 0 unspecified atom stereocenters. The van der Waals surface area contributed by atoms with Gasteiger partial charge in [-0.05, 0) is 34.7 Å². The highest BCUT2D eigenvalue weighted by Crippen LogP contribution is 2.38. The lowest BCUT2D eigenvalue weighted by molar-refractivity contribution is 0.0805. The van der Waals surface area contributed by atoms with Gasteiger partial charge in [-0.15, -0.1) is 0 Å². The molecular formula is C13H19BrN2O2. The van der Waals surface area contributed by atoms with Gasteiger partial charge in [-0.1, -0.05) is 13.8 Å². The third-order valence-corrected chi connectivity index (χ3v) is 2.97. The Hall–Kier alpha value is -0.680. The molecule has 0 aromatic carbocycles. The van der Waals surface area contributed by atoms with Crippen LogP contribution in [0.1, 0.15) is 38.4 Å². The van der Waals surface area contributed by atoms with Crippen molar-refractivity contribution in [2.45, 2.75) is 32.6 Å². The molecule has 0 spiro atoms. The summed E-state index contributed by atoms with van der Waals surface area (Å²) in [5.41, 5.74) is 0. The summed E-state index contributed by atoms with van der Waals surface area (Å²) in [4.78, 5) is 8.77. The molecule has 0 bridgehead atoms. The quantitative estimate of drug-likeness (QED) is 0.573. The predicted octanol–water partition coefficient (Wildman–Crippen LogP) is 3.17. The maximum Gasteiger partial charge on any atom is 0.217 e. The van der Waals surface area contributed by atoms with E-state index in [1.165, 1.54) is 12.8 Å². The van der Waals surface area contributed by atoms with Gasteiger partial charge in [0.2, 0.25) is 5.88 Å². The molecule has 1 heterocycles. The monoisotopic (exact) mass is 314 g/mol. The van der Waals surface area contributed by atoms with E-state index in [1.807, 2.05) is 0 Å². The van der Waals surface area contributed by atoms with E-state index in [2.05, 4.69) is 39.7 Å².